The maximum atomic E-state index is 11.6. The summed E-state index contributed by atoms with van der Waals surface area (Å²) in [5, 5.41) is 5.69. The van der Waals surface area contributed by atoms with Crippen LogP contribution >= 0.6 is 15.9 Å². The number of amides is 1. The first-order valence-electron chi connectivity index (χ1n) is 5.10. The Labute approximate surface area is 109 Å². The van der Waals surface area contributed by atoms with Crippen molar-refractivity contribution in [1.82, 2.24) is 15.3 Å². The van der Waals surface area contributed by atoms with Crippen molar-refractivity contribution in [2.24, 2.45) is 5.41 Å². The summed E-state index contributed by atoms with van der Waals surface area (Å²) in [6.45, 7) is 4.14. The van der Waals surface area contributed by atoms with Crippen molar-refractivity contribution in [1.29, 1.82) is 0 Å². The van der Waals surface area contributed by atoms with Crippen molar-refractivity contribution in [2.75, 3.05) is 24.6 Å². The first-order valence-corrected chi connectivity index (χ1v) is 5.90. The van der Waals surface area contributed by atoms with Gasteiger partial charge in [-0.2, -0.15) is 0 Å². The maximum absolute atomic E-state index is 11.6. The van der Waals surface area contributed by atoms with Crippen molar-refractivity contribution < 1.29 is 4.79 Å². The van der Waals surface area contributed by atoms with E-state index in [1.165, 1.54) is 6.33 Å². The summed E-state index contributed by atoms with van der Waals surface area (Å²) in [5.74, 6) is 0.901. The summed E-state index contributed by atoms with van der Waals surface area (Å²) >= 11 is 3.29. The van der Waals surface area contributed by atoms with Crippen LogP contribution in [0.25, 0.3) is 0 Å². The van der Waals surface area contributed by atoms with Crippen LogP contribution in [0.5, 0.6) is 0 Å². The second kappa shape index (κ2) is 5.31. The van der Waals surface area contributed by atoms with E-state index in [0.29, 0.717) is 22.7 Å². The molecule has 0 saturated heterocycles. The highest BCUT2D eigenvalue weighted by molar-refractivity contribution is 9.10. The number of nitrogens with two attached hydrogens (primary N) is 1. The molecule has 1 rings (SSSR count). The molecule has 4 N–H and O–H groups in total. The zero-order valence-corrected chi connectivity index (χ0v) is 11.6. The van der Waals surface area contributed by atoms with Gasteiger partial charge in [0.15, 0.2) is 0 Å². The number of halogens is 1. The van der Waals surface area contributed by atoms with Crippen LogP contribution in [0.15, 0.2) is 10.8 Å². The lowest BCUT2D eigenvalue weighted by Gasteiger charge is -2.23. The molecule has 0 saturated carbocycles. The lowest BCUT2D eigenvalue weighted by molar-refractivity contribution is -0.128. The van der Waals surface area contributed by atoms with Gasteiger partial charge in [-0.15, -0.1) is 0 Å². The van der Waals surface area contributed by atoms with Crippen LogP contribution < -0.4 is 16.4 Å². The van der Waals surface area contributed by atoms with Gasteiger partial charge in [0.1, 0.15) is 22.4 Å². The van der Waals surface area contributed by atoms with E-state index in [0.717, 1.165) is 0 Å². The van der Waals surface area contributed by atoms with E-state index >= 15 is 0 Å². The number of hydrogen-bond donors (Lipinski definition) is 3. The SMILES string of the molecule is CNC(=O)C(C)(C)CNc1ncnc(N)c1Br. The predicted octanol–water partition coefficient (Wildman–Crippen LogP) is 1.01. The average molecular weight is 302 g/mol. The molecule has 1 aromatic rings. The molecule has 1 heterocycles. The average Bonchev–Trinajstić information content (AvgIpc) is 2.30. The maximum Gasteiger partial charge on any atom is 0.227 e. The van der Waals surface area contributed by atoms with Crippen molar-refractivity contribution in [2.45, 2.75) is 13.8 Å². The van der Waals surface area contributed by atoms with Crippen LogP contribution in [-0.2, 0) is 4.79 Å². The van der Waals surface area contributed by atoms with E-state index in [9.17, 15) is 4.79 Å². The Balaban J connectivity index is 2.74. The van der Waals surface area contributed by atoms with E-state index in [1.807, 2.05) is 13.8 Å². The van der Waals surface area contributed by atoms with Crippen LogP contribution in [0.4, 0.5) is 11.6 Å². The smallest absolute Gasteiger partial charge is 0.227 e. The molecule has 1 aromatic heterocycles. The highest BCUT2D eigenvalue weighted by atomic mass is 79.9. The third-order valence-corrected chi connectivity index (χ3v) is 3.14. The Morgan fingerprint density at radius 3 is 2.76 bits per heavy atom. The summed E-state index contributed by atoms with van der Waals surface area (Å²) in [6, 6.07) is 0. The van der Waals surface area contributed by atoms with E-state index in [-0.39, 0.29) is 5.91 Å². The van der Waals surface area contributed by atoms with E-state index < -0.39 is 5.41 Å². The summed E-state index contributed by atoms with van der Waals surface area (Å²) < 4.78 is 0.604. The molecule has 7 heteroatoms. The number of rotatable bonds is 4. The molecule has 17 heavy (non-hydrogen) atoms. The van der Waals surface area contributed by atoms with Crippen LogP contribution in [0, 0.1) is 5.41 Å². The Morgan fingerprint density at radius 1 is 1.53 bits per heavy atom. The zero-order valence-electron chi connectivity index (χ0n) is 10.0. The standard InChI is InChI=1S/C10H16BrN5O/c1-10(2,9(17)13-3)4-14-8-6(11)7(12)15-5-16-8/h5H,4H2,1-3H3,(H,13,17)(H3,12,14,15,16). The number of nitrogens with one attached hydrogen (secondary N) is 2. The van der Waals surface area contributed by atoms with E-state index in [4.69, 9.17) is 5.73 Å². The van der Waals surface area contributed by atoms with Gasteiger partial charge in [-0.05, 0) is 29.8 Å². The first-order chi connectivity index (χ1) is 7.88. The fourth-order valence-corrected chi connectivity index (χ4v) is 1.57. The molecule has 0 unspecified atom stereocenters. The van der Waals surface area contributed by atoms with Gasteiger partial charge in [0, 0.05) is 13.6 Å². The zero-order chi connectivity index (χ0) is 13.1. The van der Waals surface area contributed by atoms with Crippen molar-refractivity contribution in [3.8, 4) is 0 Å². The molecule has 6 nitrogen and oxygen atoms in total. The fraction of sp³-hybridized carbons (Fsp3) is 0.500. The van der Waals surface area contributed by atoms with Gasteiger partial charge in [-0.1, -0.05) is 0 Å². The van der Waals surface area contributed by atoms with E-state index in [1.54, 1.807) is 7.05 Å². The highest BCUT2D eigenvalue weighted by Crippen LogP contribution is 2.25. The summed E-state index contributed by atoms with van der Waals surface area (Å²) in [5.41, 5.74) is 5.09. The van der Waals surface area contributed by atoms with Gasteiger partial charge in [0.2, 0.25) is 5.91 Å². The summed E-state index contributed by atoms with van der Waals surface area (Å²) in [6.07, 6.45) is 1.37. The Bertz CT molecular complexity index is 421. The van der Waals surface area contributed by atoms with Crippen molar-refractivity contribution in [3.63, 3.8) is 0 Å². The number of aromatic nitrogens is 2. The highest BCUT2D eigenvalue weighted by Gasteiger charge is 2.26. The molecular formula is C10H16BrN5O. The molecule has 0 aromatic carbocycles. The second-order valence-electron chi connectivity index (χ2n) is 4.24. The van der Waals surface area contributed by atoms with Crippen LogP contribution in [0.2, 0.25) is 0 Å². The minimum Gasteiger partial charge on any atom is -0.383 e. The Hall–Kier alpha value is -1.37. The molecule has 0 spiro atoms. The molecule has 0 aliphatic heterocycles. The van der Waals surface area contributed by atoms with E-state index in [2.05, 4.69) is 36.5 Å². The van der Waals surface area contributed by atoms with Gasteiger partial charge < -0.3 is 16.4 Å². The predicted molar refractivity (Wildman–Crippen MR) is 70.5 cm³/mol. The quantitative estimate of drug-likeness (QED) is 0.772. The molecule has 0 bridgehead atoms. The molecular weight excluding hydrogens is 286 g/mol. The minimum absolute atomic E-state index is 0.0387. The Kier molecular flexibility index (Phi) is 4.28. The largest absolute Gasteiger partial charge is 0.383 e. The normalized spacial score (nSPS) is 11.1. The third-order valence-electron chi connectivity index (χ3n) is 2.36. The lowest BCUT2D eigenvalue weighted by atomic mass is 9.92. The molecule has 0 radical (unpaired) electrons. The molecule has 0 aliphatic rings. The van der Waals surface area contributed by atoms with Crippen molar-refractivity contribution >= 4 is 33.5 Å². The molecule has 0 atom stereocenters. The third kappa shape index (κ3) is 3.29. The molecule has 1 amide bonds. The van der Waals surface area contributed by atoms with Gasteiger partial charge in [0.25, 0.3) is 0 Å². The van der Waals surface area contributed by atoms with Crippen LogP contribution in [0.1, 0.15) is 13.8 Å². The minimum atomic E-state index is -0.534. The number of hydrogen-bond acceptors (Lipinski definition) is 5. The van der Waals surface area contributed by atoms with Gasteiger partial charge in [0.05, 0.1) is 5.41 Å². The fourth-order valence-electron chi connectivity index (χ4n) is 1.23. The number of nitrogens with zero attached hydrogens (tertiary/aromatic N) is 2. The number of anilines is 2. The molecule has 0 aliphatic carbocycles. The van der Waals surface area contributed by atoms with Gasteiger partial charge >= 0.3 is 0 Å². The second-order valence-corrected chi connectivity index (χ2v) is 5.03. The summed E-state index contributed by atoms with van der Waals surface area (Å²) in [4.78, 5) is 19.5. The number of nitrogen functional groups attached to an aromatic ring is 1. The van der Waals surface area contributed by atoms with Crippen molar-refractivity contribution in [3.05, 3.63) is 10.8 Å². The molecule has 94 valence electrons. The molecule has 0 fully saturated rings. The van der Waals surface area contributed by atoms with Gasteiger partial charge in [-0.3, -0.25) is 4.79 Å². The summed E-state index contributed by atoms with van der Waals surface area (Å²) in [7, 11) is 1.61. The topological polar surface area (TPSA) is 92.9 Å². The van der Waals surface area contributed by atoms with Crippen LogP contribution in [-0.4, -0.2) is 29.5 Å². The monoisotopic (exact) mass is 301 g/mol. The number of carbonyl (C=O) groups excluding carboxylic acids is 1. The van der Waals surface area contributed by atoms with Gasteiger partial charge in [-0.25, -0.2) is 9.97 Å². The first kappa shape index (κ1) is 13.7. The Morgan fingerprint density at radius 2 is 2.18 bits per heavy atom. The lowest BCUT2D eigenvalue weighted by Crippen LogP contribution is -2.39. The number of carbonyl (C=O) groups is 1. The van der Waals surface area contributed by atoms with Crippen LogP contribution in [0.3, 0.4) is 0 Å².